The van der Waals surface area contributed by atoms with Crippen LogP contribution in [0.1, 0.15) is 18.4 Å². The number of anilines is 1. The summed E-state index contributed by atoms with van der Waals surface area (Å²) in [7, 11) is 1.70. The van der Waals surface area contributed by atoms with Gasteiger partial charge in [-0.05, 0) is 50.2 Å². The Kier molecular flexibility index (Phi) is 5.96. The third kappa shape index (κ3) is 4.26. The van der Waals surface area contributed by atoms with Gasteiger partial charge < -0.3 is 23.8 Å². The van der Waals surface area contributed by atoms with Crippen molar-refractivity contribution in [3.8, 4) is 17.0 Å². The van der Waals surface area contributed by atoms with Crippen LogP contribution < -0.4 is 10.1 Å². The van der Waals surface area contributed by atoms with E-state index in [1.807, 2.05) is 56.4 Å². The summed E-state index contributed by atoms with van der Waals surface area (Å²) in [6.45, 7) is 6.47. The van der Waals surface area contributed by atoms with Gasteiger partial charge in [0.1, 0.15) is 17.3 Å². The maximum absolute atomic E-state index is 5.62. The number of aromatic nitrogens is 2. The smallest absolute Gasteiger partial charge is 0.203 e. The van der Waals surface area contributed by atoms with Crippen LogP contribution >= 0.6 is 0 Å². The molecular formula is C20H25N3O3. The third-order valence-electron chi connectivity index (χ3n) is 4.05. The molecule has 0 aliphatic carbocycles. The summed E-state index contributed by atoms with van der Waals surface area (Å²) in [4.78, 5) is 4.55. The first-order chi connectivity index (χ1) is 12.7. The molecule has 3 aromatic rings. The molecule has 0 saturated carbocycles. The van der Waals surface area contributed by atoms with Crippen LogP contribution in [0.25, 0.3) is 11.3 Å². The predicted octanol–water partition coefficient (Wildman–Crippen LogP) is 4.11. The lowest BCUT2D eigenvalue weighted by atomic mass is 10.1. The van der Waals surface area contributed by atoms with Crippen LogP contribution in [0.4, 0.5) is 5.95 Å². The van der Waals surface area contributed by atoms with E-state index in [0.29, 0.717) is 26.3 Å². The fraction of sp³-hybridized carbons (Fsp3) is 0.350. The van der Waals surface area contributed by atoms with Crippen molar-refractivity contribution in [1.29, 1.82) is 0 Å². The molecule has 138 valence electrons. The molecule has 0 fully saturated rings. The molecule has 6 nitrogen and oxygen atoms in total. The van der Waals surface area contributed by atoms with Crippen LogP contribution in [-0.4, -0.2) is 29.9 Å². The quantitative estimate of drug-likeness (QED) is 0.626. The van der Waals surface area contributed by atoms with Gasteiger partial charge in [-0.15, -0.1) is 0 Å². The second-order valence-electron chi connectivity index (χ2n) is 5.93. The summed E-state index contributed by atoms with van der Waals surface area (Å²) >= 11 is 0. The Bertz CT molecular complexity index is 821. The minimum Gasteiger partial charge on any atom is -0.494 e. The van der Waals surface area contributed by atoms with Gasteiger partial charge in [-0.1, -0.05) is 0 Å². The topological polar surface area (TPSA) is 61.5 Å². The highest BCUT2D eigenvalue weighted by Crippen LogP contribution is 2.26. The minimum absolute atomic E-state index is 0.584. The minimum atomic E-state index is 0.584. The average molecular weight is 355 g/mol. The predicted molar refractivity (Wildman–Crippen MR) is 101 cm³/mol. The molecule has 0 radical (unpaired) electrons. The third-order valence-corrected chi connectivity index (χ3v) is 4.05. The monoisotopic (exact) mass is 355 g/mol. The highest BCUT2D eigenvalue weighted by molar-refractivity contribution is 5.62. The van der Waals surface area contributed by atoms with Crippen molar-refractivity contribution in [1.82, 2.24) is 9.55 Å². The van der Waals surface area contributed by atoms with Crippen molar-refractivity contribution in [3.05, 3.63) is 54.1 Å². The van der Waals surface area contributed by atoms with Gasteiger partial charge in [-0.2, -0.15) is 0 Å². The lowest BCUT2D eigenvalue weighted by Gasteiger charge is -2.13. The number of imidazole rings is 1. The number of hydrogen-bond acceptors (Lipinski definition) is 5. The largest absolute Gasteiger partial charge is 0.494 e. The van der Waals surface area contributed by atoms with Crippen LogP contribution in [0.2, 0.25) is 0 Å². The number of ether oxygens (including phenoxy) is 2. The van der Waals surface area contributed by atoms with E-state index in [1.54, 1.807) is 7.11 Å². The molecule has 26 heavy (non-hydrogen) atoms. The molecule has 2 heterocycles. The maximum Gasteiger partial charge on any atom is 0.203 e. The number of aryl methyl sites for hydroxylation is 1. The zero-order valence-corrected chi connectivity index (χ0v) is 15.5. The second-order valence-corrected chi connectivity index (χ2v) is 5.93. The van der Waals surface area contributed by atoms with E-state index in [1.165, 1.54) is 0 Å². The Labute approximate surface area is 153 Å². The number of methoxy groups -OCH3 is 1. The maximum atomic E-state index is 5.62. The normalized spacial score (nSPS) is 10.9. The van der Waals surface area contributed by atoms with Gasteiger partial charge in [-0.25, -0.2) is 4.98 Å². The summed E-state index contributed by atoms with van der Waals surface area (Å²) < 4.78 is 18.5. The molecule has 1 N–H and O–H groups in total. The van der Waals surface area contributed by atoms with Crippen LogP contribution in [0.5, 0.6) is 5.75 Å². The molecule has 0 aliphatic rings. The lowest BCUT2D eigenvalue weighted by Crippen LogP contribution is -2.11. The fourth-order valence-corrected chi connectivity index (χ4v) is 2.79. The van der Waals surface area contributed by atoms with Crippen LogP contribution in [-0.2, 0) is 17.8 Å². The summed E-state index contributed by atoms with van der Waals surface area (Å²) in [5, 5.41) is 3.35. The van der Waals surface area contributed by atoms with Crippen molar-refractivity contribution in [2.75, 3.05) is 25.6 Å². The zero-order valence-electron chi connectivity index (χ0n) is 15.5. The number of hydrogen-bond donors (Lipinski definition) is 1. The lowest BCUT2D eigenvalue weighted by molar-refractivity contribution is 0.188. The summed E-state index contributed by atoms with van der Waals surface area (Å²) in [5.41, 5.74) is 2.11. The first kappa shape index (κ1) is 18.1. The average Bonchev–Trinajstić information content (AvgIpc) is 3.25. The molecule has 0 saturated heterocycles. The first-order valence-corrected chi connectivity index (χ1v) is 8.78. The Morgan fingerprint density at radius 3 is 2.62 bits per heavy atom. The van der Waals surface area contributed by atoms with Crippen LogP contribution in [0.15, 0.2) is 47.0 Å². The Hall–Kier alpha value is -2.73. The molecule has 3 rings (SSSR count). The number of nitrogens with zero attached hydrogens (tertiary/aromatic N) is 2. The molecule has 0 atom stereocenters. The van der Waals surface area contributed by atoms with Crippen molar-refractivity contribution in [2.24, 2.45) is 0 Å². The van der Waals surface area contributed by atoms with E-state index in [2.05, 4.69) is 14.9 Å². The molecule has 0 bridgehead atoms. The van der Waals surface area contributed by atoms with Crippen molar-refractivity contribution >= 4 is 5.95 Å². The second kappa shape index (κ2) is 8.58. The highest BCUT2D eigenvalue weighted by Gasteiger charge is 2.12. The van der Waals surface area contributed by atoms with Gasteiger partial charge in [0.2, 0.25) is 5.95 Å². The SMILES string of the molecule is CCOc1ccc(-c2cnc(NCc3ccc(C)o3)n2CCOC)cc1. The van der Waals surface area contributed by atoms with E-state index in [0.717, 1.165) is 34.5 Å². The Balaban J connectivity index is 1.81. The number of furan rings is 1. The van der Waals surface area contributed by atoms with Gasteiger partial charge in [0.15, 0.2) is 0 Å². The van der Waals surface area contributed by atoms with Gasteiger partial charge in [0, 0.05) is 19.2 Å². The molecule has 6 heteroatoms. The number of benzene rings is 1. The van der Waals surface area contributed by atoms with Gasteiger partial charge in [0.25, 0.3) is 0 Å². The number of rotatable bonds is 9. The van der Waals surface area contributed by atoms with Gasteiger partial charge in [0.05, 0.1) is 31.6 Å². The molecule has 0 aliphatic heterocycles. The van der Waals surface area contributed by atoms with E-state index >= 15 is 0 Å². The van der Waals surface area contributed by atoms with E-state index in [-0.39, 0.29) is 0 Å². The molecule has 2 aromatic heterocycles. The van der Waals surface area contributed by atoms with Gasteiger partial charge >= 0.3 is 0 Å². The fourth-order valence-electron chi connectivity index (χ4n) is 2.79. The molecule has 0 unspecified atom stereocenters. The molecule has 0 spiro atoms. The molecule has 0 amide bonds. The van der Waals surface area contributed by atoms with E-state index in [4.69, 9.17) is 13.9 Å². The Morgan fingerprint density at radius 2 is 1.96 bits per heavy atom. The Morgan fingerprint density at radius 1 is 1.15 bits per heavy atom. The molecular weight excluding hydrogens is 330 g/mol. The van der Waals surface area contributed by atoms with E-state index in [9.17, 15) is 0 Å². The van der Waals surface area contributed by atoms with Crippen LogP contribution in [0, 0.1) is 6.92 Å². The van der Waals surface area contributed by atoms with Crippen molar-refractivity contribution < 1.29 is 13.9 Å². The summed E-state index contributed by atoms with van der Waals surface area (Å²) in [5.74, 6) is 3.44. The van der Waals surface area contributed by atoms with Crippen molar-refractivity contribution in [2.45, 2.75) is 26.9 Å². The summed E-state index contributed by atoms with van der Waals surface area (Å²) in [6.07, 6.45) is 1.88. The standard InChI is InChI=1S/C20H25N3O3/c1-4-25-17-9-6-16(7-10-17)19-14-22-20(23(19)11-12-24-3)21-13-18-8-5-15(2)26-18/h5-10,14H,4,11-13H2,1-3H3,(H,21,22). The zero-order chi connectivity index (χ0) is 18.4. The first-order valence-electron chi connectivity index (χ1n) is 8.78. The van der Waals surface area contributed by atoms with Crippen LogP contribution in [0.3, 0.4) is 0 Å². The highest BCUT2D eigenvalue weighted by atomic mass is 16.5. The van der Waals surface area contributed by atoms with Gasteiger partial charge in [-0.3, -0.25) is 0 Å². The van der Waals surface area contributed by atoms with E-state index < -0.39 is 0 Å². The van der Waals surface area contributed by atoms with Crippen molar-refractivity contribution in [3.63, 3.8) is 0 Å². The summed E-state index contributed by atoms with van der Waals surface area (Å²) in [6, 6.07) is 12.0. The number of nitrogens with one attached hydrogen (secondary N) is 1. The molecule has 1 aromatic carbocycles.